The average molecular weight is 329 g/mol. The van der Waals surface area contributed by atoms with E-state index in [1.54, 1.807) is 0 Å². The molecule has 0 fully saturated rings. The van der Waals surface area contributed by atoms with Gasteiger partial charge in [0.1, 0.15) is 0 Å². The number of aryl methyl sites for hydroxylation is 1. The van der Waals surface area contributed by atoms with Gasteiger partial charge in [0, 0.05) is 23.8 Å². The van der Waals surface area contributed by atoms with Gasteiger partial charge in [-0.3, -0.25) is 4.79 Å². The van der Waals surface area contributed by atoms with Crippen LogP contribution in [-0.4, -0.2) is 19.0 Å². The third-order valence-corrected chi connectivity index (χ3v) is 4.40. The minimum atomic E-state index is 0.0432. The molecular formula is C19H21ClN2O. The van der Waals surface area contributed by atoms with Gasteiger partial charge in [-0.05, 0) is 48.6 Å². The van der Waals surface area contributed by atoms with Crippen LogP contribution in [0.3, 0.4) is 0 Å². The Morgan fingerprint density at radius 2 is 2.00 bits per heavy atom. The molecule has 0 bridgehead atoms. The lowest BCUT2D eigenvalue weighted by Crippen LogP contribution is -2.37. The lowest BCUT2D eigenvalue weighted by Gasteiger charge is -2.24. The predicted molar refractivity (Wildman–Crippen MR) is 94.9 cm³/mol. The molecule has 23 heavy (non-hydrogen) atoms. The molecule has 120 valence electrons. The summed E-state index contributed by atoms with van der Waals surface area (Å²) < 4.78 is 0. The number of benzene rings is 2. The minimum absolute atomic E-state index is 0.0432. The van der Waals surface area contributed by atoms with Crippen LogP contribution in [0.15, 0.2) is 48.5 Å². The maximum Gasteiger partial charge on any atom is 0.239 e. The molecule has 1 heterocycles. The van der Waals surface area contributed by atoms with Gasteiger partial charge in [-0.2, -0.15) is 0 Å². The molecule has 1 aliphatic rings. The summed E-state index contributed by atoms with van der Waals surface area (Å²) in [5.41, 5.74) is 3.55. The summed E-state index contributed by atoms with van der Waals surface area (Å²) in [5, 5.41) is 3.68. The molecule has 0 aromatic heterocycles. The van der Waals surface area contributed by atoms with Crippen molar-refractivity contribution in [3.63, 3.8) is 0 Å². The van der Waals surface area contributed by atoms with Crippen LogP contribution in [0, 0.1) is 0 Å². The van der Waals surface area contributed by atoms with Gasteiger partial charge >= 0.3 is 0 Å². The Bertz CT molecular complexity index is 687. The van der Waals surface area contributed by atoms with Crippen molar-refractivity contribution in [3.8, 4) is 0 Å². The van der Waals surface area contributed by atoms with Crippen LogP contribution in [0.4, 0.5) is 5.69 Å². The third-order valence-electron chi connectivity index (χ3n) is 4.17. The van der Waals surface area contributed by atoms with Crippen LogP contribution < -0.4 is 10.2 Å². The number of halogens is 1. The highest BCUT2D eigenvalue weighted by molar-refractivity contribution is 6.30. The molecule has 2 aromatic rings. The maximum atomic E-state index is 12.3. The molecule has 2 aromatic carbocycles. The summed E-state index contributed by atoms with van der Waals surface area (Å²) in [6.45, 7) is 1.84. The standard InChI is InChI=1S/C19H21ClN2O/c20-17-9-5-6-15(12-17)13-21-19(23)14-22-11-4-3-8-16-7-1-2-10-18(16)22/h1-2,5-7,9-10,12H,3-4,8,11,13-14H2,(H,21,23). The van der Waals surface area contributed by atoms with Crippen LogP contribution in [0.5, 0.6) is 0 Å². The summed E-state index contributed by atoms with van der Waals surface area (Å²) >= 11 is 5.97. The summed E-state index contributed by atoms with van der Waals surface area (Å²) in [6, 6.07) is 16.0. The van der Waals surface area contributed by atoms with Crippen molar-refractivity contribution in [3.05, 3.63) is 64.7 Å². The number of anilines is 1. The summed E-state index contributed by atoms with van der Waals surface area (Å²) in [4.78, 5) is 14.5. The second kappa shape index (κ2) is 7.51. The Balaban J connectivity index is 1.61. The fourth-order valence-corrected chi connectivity index (χ4v) is 3.22. The number of hydrogen-bond donors (Lipinski definition) is 1. The number of amides is 1. The minimum Gasteiger partial charge on any atom is -0.362 e. The Morgan fingerprint density at radius 1 is 1.13 bits per heavy atom. The van der Waals surface area contributed by atoms with E-state index < -0.39 is 0 Å². The van der Waals surface area contributed by atoms with E-state index >= 15 is 0 Å². The molecular weight excluding hydrogens is 308 g/mol. The highest BCUT2D eigenvalue weighted by Crippen LogP contribution is 2.25. The van der Waals surface area contributed by atoms with Crippen LogP contribution >= 0.6 is 11.6 Å². The number of hydrogen-bond acceptors (Lipinski definition) is 2. The number of rotatable bonds is 4. The van der Waals surface area contributed by atoms with Crippen molar-refractivity contribution in [1.82, 2.24) is 5.32 Å². The monoisotopic (exact) mass is 328 g/mol. The predicted octanol–water partition coefficient (Wildman–Crippen LogP) is 3.80. The number of nitrogens with one attached hydrogen (secondary N) is 1. The van der Waals surface area contributed by atoms with Crippen LogP contribution in [0.25, 0.3) is 0 Å². The largest absolute Gasteiger partial charge is 0.362 e. The van der Waals surface area contributed by atoms with E-state index in [4.69, 9.17) is 11.6 Å². The molecule has 1 amide bonds. The zero-order valence-electron chi connectivity index (χ0n) is 13.1. The zero-order valence-corrected chi connectivity index (χ0v) is 13.9. The first-order valence-electron chi connectivity index (χ1n) is 8.06. The molecule has 0 unspecified atom stereocenters. The Hall–Kier alpha value is -2.00. The van der Waals surface area contributed by atoms with E-state index in [2.05, 4.69) is 28.4 Å². The molecule has 0 radical (unpaired) electrons. The first-order chi connectivity index (χ1) is 11.2. The fourth-order valence-electron chi connectivity index (χ4n) is 3.01. The van der Waals surface area contributed by atoms with Crippen LogP contribution in [0.2, 0.25) is 5.02 Å². The van der Waals surface area contributed by atoms with Crippen molar-refractivity contribution < 1.29 is 4.79 Å². The number of carbonyl (C=O) groups excluding carboxylic acids is 1. The van der Waals surface area contributed by atoms with Crippen molar-refractivity contribution in [2.24, 2.45) is 0 Å². The van der Waals surface area contributed by atoms with Crippen molar-refractivity contribution in [2.75, 3.05) is 18.0 Å². The van der Waals surface area contributed by atoms with E-state index in [0.717, 1.165) is 24.9 Å². The smallest absolute Gasteiger partial charge is 0.239 e. The first-order valence-corrected chi connectivity index (χ1v) is 8.44. The quantitative estimate of drug-likeness (QED) is 0.926. The van der Waals surface area contributed by atoms with Gasteiger partial charge in [0.25, 0.3) is 0 Å². The molecule has 0 atom stereocenters. The summed E-state index contributed by atoms with van der Waals surface area (Å²) in [5.74, 6) is 0.0432. The molecule has 3 rings (SSSR count). The normalized spacial score (nSPS) is 14.0. The van der Waals surface area contributed by atoms with Gasteiger partial charge in [0.2, 0.25) is 5.91 Å². The average Bonchev–Trinajstić information content (AvgIpc) is 2.76. The molecule has 3 nitrogen and oxygen atoms in total. The Kier molecular flexibility index (Phi) is 5.19. The van der Waals surface area contributed by atoms with Crippen LogP contribution in [0.1, 0.15) is 24.0 Å². The van der Waals surface area contributed by atoms with E-state index in [-0.39, 0.29) is 5.91 Å². The molecule has 0 aliphatic carbocycles. The highest BCUT2D eigenvalue weighted by Gasteiger charge is 2.17. The van der Waals surface area contributed by atoms with E-state index in [1.807, 2.05) is 30.3 Å². The lowest BCUT2D eigenvalue weighted by molar-refractivity contribution is -0.119. The van der Waals surface area contributed by atoms with Crippen molar-refractivity contribution in [2.45, 2.75) is 25.8 Å². The van der Waals surface area contributed by atoms with Crippen molar-refractivity contribution in [1.29, 1.82) is 0 Å². The fraction of sp³-hybridized carbons (Fsp3) is 0.316. The molecule has 1 N–H and O–H groups in total. The molecule has 1 aliphatic heterocycles. The third kappa shape index (κ3) is 4.26. The number of fused-ring (bicyclic) bond motifs is 1. The molecule has 0 spiro atoms. The second-order valence-corrected chi connectivity index (χ2v) is 6.35. The van der Waals surface area contributed by atoms with Crippen molar-refractivity contribution >= 4 is 23.2 Å². The molecule has 0 saturated carbocycles. The van der Waals surface area contributed by atoms with Gasteiger partial charge in [-0.25, -0.2) is 0 Å². The Labute approximate surface area is 142 Å². The van der Waals surface area contributed by atoms with Gasteiger partial charge in [0.05, 0.1) is 6.54 Å². The van der Waals surface area contributed by atoms with Gasteiger partial charge in [-0.1, -0.05) is 41.9 Å². The zero-order chi connectivity index (χ0) is 16.1. The number of para-hydroxylation sites is 1. The van der Waals surface area contributed by atoms with E-state index in [9.17, 15) is 4.79 Å². The van der Waals surface area contributed by atoms with Gasteiger partial charge in [0.15, 0.2) is 0 Å². The highest BCUT2D eigenvalue weighted by atomic mass is 35.5. The summed E-state index contributed by atoms with van der Waals surface area (Å²) in [6.07, 6.45) is 3.39. The van der Waals surface area contributed by atoms with E-state index in [1.165, 1.54) is 17.7 Å². The maximum absolute atomic E-state index is 12.3. The lowest BCUT2D eigenvalue weighted by atomic mass is 10.1. The Morgan fingerprint density at radius 3 is 2.87 bits per heavy atom. The van der Waals surface area contributed by atoms with Gasteiger partial charge < -0.3 is 10.2 Å². The van der Waals surface area contributed by atoms with E-state index in [0.29, 0.717) is 18.1 Å². The van der Waals surface area contributed by atoms with Crippen LogP contribution in [-0.2, 0) is 17.8 Å². The first kappa shape index (κ1) is 15.9. The number of carbonyl (C=O) groups is 1. The topological polar surface area (TPSA) is 32.3 Å². The molecule has 4 heteroatoms. The SMILES string of the molecule is O=C(CN1CCCCc2ccccc21)NCc1cccc(Cl)c1. The second-order valence-electron chi connectivity index (χ2n) is 5.91. The summed E-state index contributed by atoms with van der Waals surface area (Å²) in [7, 11) is 0. The molecule has 0 saturated heterocycles. The number of nitrogens with zero attached hydrogens (tertiary/aromatic N) is 1. The van der Waals surface area contributed by atoms with Gasteiger partial charge in [-0.15, -0.1) is 0 Å².